The number of rotatable bonds is 7. The fourth-order valence-corrected chi connectivity index (χ4v) is 4.47. The van der Waals surface area contributed by atoms with Gasteiger partial charge in [-0.3, -0.25) is 9.48 Å². The highest BCUT2D eigenvalue weighted by atomic mass is 19.1. The van der Waals surface area contributed by atoms with Gasteiger partial charge in [-0.2, -0.15) is 5.10 Å². The second-order valence-electron chi connectivity index (χ2n) is 8.03. The maximum absolute atomic E-state index is 14.6. The van der Waals surface area contributed by atoms with E-state index in [4.69, 9.17) is 5.73 Å². The lowest BCUT2D eigenvalue weighted by Gasteiger charge is -2.24. The second kappa shape index (κ2) is 8.01. The van der Waals surface area contributed by atoms with Crippen LogP contribution >= 0.6 is 0 Å². The van der Waals surface area contributed by atoms with Crippen molar-refractivity contribution in [2.75, 3.05) is 0 Å². The molecule has 28 heavy (non-hydrogen) atoms. The number of piperidine rings is 1. The molecule has 0 spiro atoms. The monoisotopic (exact) mass is 385 g/mol. The number of carbonyl (C=O) groups is 1. The van der Waals surface area contributed by atoms with Gasteiger partial charge in [-0.25, -0.2) is 4.39 Å². The molecular formula is C21H28FN5O. The van der Waals surface area contributed by atoms with Crippen molar-refractivity contribution in [2.45, 2.75) is 63.8 Å². The van der Waals surface area contributed by atoms with E-state index in [-0.39, 0.29) is 24.2 Å². The van der Waals surface area contributed by atoms with Gasteiger partial charge in [0.05, 0.1) is 18.4 Å². The fourth-order valence-electron chi connectivity index (χ4n) is 4.47. The Labute approximate surface area is 164 Å². The summed E-state index contributed by atoms with van der Waals surface area (Å²) in [6.07, 6.45) is 7.62. The molecule has 1 saturated carbocycles. The molecule has 2 heterocycles. The molecule has 2 fully saturated rings. The molecule has 2 bridgehead atoms. The molecule has 0 radical (unpaired) electrons. The third-order valence-electron chi connectivity index (χ3n) is 5.88. The number of fused-ring (bicyclic) bond motifs is 2. The predicted molar refractivity (Wildman–Crippen MR) is 106 cm³/mol. The molecule has 0 unspecified atom stereocenters. The maximum atomic E-state index is 14.6. The minimum atomic E-state index is -0.610. The molecule has 1 aromatic carbocycles. The number of halogens is 1. The number of amides is 1. The van der Waals surface area contributed by atoms with Crippen LogP contribution in [0, 0.1) is 11.7 Å². The maximum Gasteiger partial charge on any atom is 0.238 e. The standard InChI is InChI=1S/C21H28FN5O/c1-2-7-27-12-16(11-24-27)13-3-4-14(18(22)9-13)10-19(23)26-21(28)20-15-5-6-17(8-15)25-20/h3-4,9,11-12,15,17,19-20,25H,2,5-8,10,23H2,1H3,(H,26,28)/t15-,17+,19-,20-/m0/s1. The summed E-state index contributed by atoms with van der Waals surface area (Å²) < 4.78 is 16.5. The summed E-state index contributed by atoms with van der Waals surface area (Å²) in [5.41, 5.74) is 8.26. The van der Waals surface area contributed by atoms with E-state index < -0.39 is 6.17 Å². The van der Waals surface area contributed by atoms with Crippen molar-refractivity contribution >= 4 is 5.91 Å². The normalized spacial score (nSPS) is 24.5. The Balaban J connectivity index is 1.36. The SMILES string of the molecule is CCCn1cc(-c2ccc(C[C@@H](N)NC(=O)[C@H]3N[C@@H]4CC[C@H]3C4)c(F)c2)cn1. The lowest BCUT2D eigenvalue weighted by atomic mass is 9.99. The van der Waals surface area contributed by atoms with E-state index in [1.807, 2.05) is 16.9 Å². The third kappa shape index (κ3) is 3.95. The van der Waals surface area contributed by atoms with Crippen LogP contribution in [0.4, 0.5) is 4.39 Å². The number of benzene rings is 1. The molecule has 2 aliphatic rings. The molecule has 1 aliphatic carbocycles. The van der Waals surface area contributed by atoms with Crippen molar-refractivity contribution < 1.29 is 9.18 Å². The quantitative estimate of drug-likeness (QED) is 0.638. The molecule has 1 saturated heterocycles. The van der Waals surface area contributed by atoms with E-state index in [1.54, 1.807) is 12.3 Å². The number of nitrogens with two attached hydrogens (primary N) is 1. The lowest BCUT2D eigenvalue weighted by Crippen LogP contribution is -2.53. The van der Waals surface area contributed by atoms with Crippen LogP contribution in [0.5, 0.6) is 0 Å². The van der Waals surface area contributed by atoms with Gasteiger partial charge in [-0.1, -0.05) is 19.1 Å². The number of hydrogen-bond acceptors (Lipinski definition) is 4. The average Bonchev–Trinajstić information content (AvgIpc) is 3.40. The number of nitrogens with zero attached hydrogens (tertiary/aromatic N) is 2. The molecule has 150 valence electrons. The van der Waals surface area contributed by atoms with Crippen LogP contribution in [0.3, 0.4) is 0 Å². The van der Waals surface area contributed by atoms with Crippen LogP contribution in [0.25, 0.3) is 11.1 Å². The van der Waals surface area contributed by atoms with Gasteiger partial charge >= 0.3 is 0 Å². The highest BCUT2D eigenvalue weighted by Crippen LogP contribution is 2.35. The van der Waals surface area contributed by atoms with E-state index in [0.29, 0.717) is 17.5 Å². The van der Waals surface area contributed by atoms with Crippen LogP contribution in [0.2, 0.25) is 0 Å². The smallest absolute Gasteiger partial charge is 0.238 e. The minimum Gasteiger partial charge on any atom is -0.339 e. The first-order valence-corrected chi connectivity index (χ1v) is 10.2. The van der Waals surface area contributed by atoms with E-state index in [9.17, 15) is 9.18 Å². The molecular weight excluding hydrogens is 357 g/mol. The first kappa shape index (κ1) is 19.1. The summed E-state index contributed by atoms with van der Waals surface area (Å²) in [6, 6.07) is 5.43. The molecule has 7 heteroatoms. The van der Waals surface area contributed by atoms with Crippen LogP contribution in [0.1, 0.15) is 38.2 Å². The largest absolute Gasteiger partial charge is 0.339 e. The van der Waals surface area contributed by atoms with Crippen molar-refractivity contribution in [1.29, 1.82) is 0 Å². The number of aryl methyl sites for hydroxylation is 1. The molecule has 6 nitrogen and oxygen atoms in total. The Morgan fingerprint density at radius 3 is 2.96 bits per heavy atom. The van der Waals surface area contributed by atoms with Crippen molar-refractivity contribution in [3.05, 3.63) is 42.0 Å². The summed E-state index contributed by atoms with van der Waals surface area (Å²) in [5, 5.41) is 10.5. The summed E-state index contributed by atoms with van der Waals surface area (Å²) in [5.74, 6) is 0.0189. The first-order chi connectivity index (χ1) is 13.5. The van der Waals surface area contributed by atoms with Gasteiger partial charge in [0.25, 0.3) is 0 Å². The van der Waals surface area contributed by atoms with Crippen molar-refractivity contribution in [3.63, 3.8) is 0 Å². The Morgan fingerprint density at radius 2 is 2.29 bits per heavy atom. The predicted octanol–water partition coefficient (Wildman–Crippen LogP) is 2.18. The molecule has 2 aromatic rings. The highest BCUT2D eigenvalue weighted by molar-refractivity contribution is 5.83. The average molecular weight is 385 g/mol. The van der Waals surface area contributed by atoms with E-state index in [2.05, 4.69) is 22.7 Å². The Bertz CT molecular complexity index is 851. The first-order valence-electron chi connectivity index (χ1n) is 10.2. The zero-order valence-electron chi connectivity index (χ0n) is 16.2. The van der Waals surface area contributed by atoms with Crippen LogP contribution < -0.4 is 16.4 Å². The Morgan fingerprint density at radius 1 is 1.43 bits per heavy atom. The molecule has 1 aliphatic heterocycles. The van der Waals surface area contributed by atoms with Gasteiger partial charge in [-0.15, -0.1) is 0 Å². The number of nitrogens with one attached hydrogen (secondary N) is 2. The van der Waals surface area contributed by atoms with Crippen molar-refractivity contribution in [3.8, 4) is 11.1 Å². The van der Waals surface area contributed by atoms with E-state index in [1.165, 1.54) is 6.07 Å². The number of aromatic nitrogens is 2. The third-order valence-corrected chi connectivity index (χ3v) is 5.88. The zero-order valence-corrected chi connectivity index (χ0v) is 16.2. The summed E-state index contributed by atoms with van der Waals surface area (Å²) in [4.78, 5) is 12.5. The molecule has 4 N–H and O–H groups in total. The van der Waals surface area contributed by atoms with Crippen molar-refractivity contribution in [2.24, 2.45) is 11.7 Å². The van der Waals surface area contributed by atoms with Gasteiger partial charge in [0, 0.05) is 30.8 Å². The van der Waals surface area contributed by atoms with Gasteiger partial charge in [0.15, 0.2) is 0 Å². The van der Waals surface area contributed by atoms with Crippen LogP contribution in [0.15, 0.2) is 30.6 Å². The number of hydrogen-bond donors (Lipinski definition) is 3. The summed E-state index contributed by atoms with van der Waals surface area (Å²) >= 11 is 0. The van der Waals surface area contributed by atoms with Crippen molar-refractivity contribution in [1.82, 2.24) is 20.4 Å². The topological polar surface area (TPSA) is 85.0 Å². The Kier molecular flexibility index (Phi) is 5.46. The number of carbonyl (C=O) groups excluding carboxylic acids is 1. The van der Waals surface area contributed by atoms with E-state index in [0.717, 1.165) is 43.4 Å². The minimum absolute atomic E-state index is 0.0694. The highest BCUT2D eigenvalue weighted by Gasteiger charge is 2.42. The molecule has 1 amide bonds. The Hall–Kier alpha value is -2.25. The van der Waals surface area contributed by atoms with Gasteiger partial charge in [0.1, 0.15) is 5.82 Å². The fraction of sp³-hybridized carbons (Fsp3) is 0.524. The summed E-state index contributed by atoms with van der Waals surface area (Å²) in [6.45, 7) is 2.93. The lowest BCUT2D eigenvalue weighted by molar-refractivity contribution is -0.124. The molecule has 4 atom stereocenters. The van der Waals surface area contributed by atoms with Gasteiger partial charge in [0.2, 0.25) is 5.91 Å². The zero-order chi connectivity index (χ0) is 19.7. The van der Waals surface area contributed by atoms with Gasteiger partial charge in [-0.05, 0) is 48.8 Å². The molecule has 4 rings (SSSR count). The van der Waals surface area contributed by atoms with Gasteiger partial charge < -0.3 is 16.4 Å². The molecule has 1 aromatic heterocycles. The summed E-state index contributed by atoms with van der Waals surface area (Å²) in [7, 11) is 0. The van der Waals surface area contributed by atoms with Crippen LogP contribution in [-0.2, 0) is 17.8 Å². The van der Waals surface area contributed by atoms with Crippen LogP contribution in [-0.4, -0.2) is 33.9 Å². The second-order valence-corrected chi connectivity index (χ2v) is 8.03. The van der Waals surface area contributed by atoms with E-state index >= 15 is 0 Å².